The Labute approximate surface area is 201 Å². The molecule has 0 aromatic heterocycles. The summed E-state index contributed by atoms with van der Waals surface area (Å²) < 4.78 is 23.5. The van der Waals surface area contributed by atoms with Crippen molar-refractivity contribution < 1.29 is 28.4 Å². The second kappa shape index (κ2) is 11.4. The Kier molecular flexibility index (Phi) is 9.64. The van der Waals surface area contributed by atoms with Crippen LogP contribution >= 0.6 is 0 Å². The zero-order chi connectivity index (χ0) is 24.9. The summed E-state index contributed by atoms with van der Waals surface area (Å²) in [5.74, 6) is -0.659. The third kappa shape index (κ3) is 6.03. The highest BCUT2D eigenvalue weighted by molar-refractivity contribution is 6.54. The van der Waals surface area contributed by atoms with Crippen LogP contribution in [0.5, 0.6) is 0 Å². The molecule has 1 unspecified atom stereocenters. The summed E-state index contributed by atoms with van der Waals surface area (Å²) in [6, 6.07) is 0. The van der Waals surface area contributed by atoms with Crippen LogP contribution in [-0.4, -0.2) is 43.5 Å². The van der Waals surface area contributed by atoms with Gasteiger partial charge < -0.3 is 18.8 Å². The topological polar surface area (TPSA) is 71.1 Å². The van der Waals surface area contributed by atoms with Gasteiger partial charge in [0.25, 0.3) is 0 Å². The summed E-state index contributed by atoms with van der Waals surface area (Å²) in [7, 11) is -0.349. The van der Waals surface area contributed by atoms with Gasteiger partial charge in [-0.25, -0.2) is 0 Å². The van der Waals surface area contributed by atoms with Crippen LogP contribution in [0.1, 0.15) is 107 Å². The minimum absolute atomic E-state index is 0.217. The summed E-state index contributed by atoms with van der Waals surface area (Å²) in [5, 5.41) is 0. The van der Waals surface area contributed by atoms with E-state index in [4.69, 9.17) is 18.8 Å². The molecule has 1 saturated carbocycles. The van der Waals surface area contributed by atoms with Crippen molar-refractivity contribution in [3.63, 3.8) is 0 Å². The monoisotopic (exact) mass is 464 g/mol. The van der Waals surface area contributed by atoms with Crippen molar-refractivity contribution in [1.82, 2.24) is 0 Å². The first-order valence-electron chi connectivity index (χ1n) is 12.9. The van der Waals surface area contributed by atoms with E-state index >= 15 is 0 Å². The van der Waals surface area contributed by atoms with Crippen LogP contribution in [0, 0.1) is 11.3 Å². The lowest BCUT2D eigenvalue weighted by atomic mass is 9.70. The number of hydrogen-bond acceptors (Lipinski definition) is 6. The Hall–Kier alpha value is -1.34. The molecule has 188 valence electrons. The molecule has 7 heteroatoms. The first-order valence-corrected chi connectivity index (χ1v) is 12.9. The lowest BCUT2D eigenvalue weighted by Crippen LogP contribution is -2.41. The van der Waals surface area contributed by atoms with Crippen molar-refractivity contribution in [3.05, 3.63) is 11.0 Å². The van der Waals surface area contributed by atoms with Gasteiger partial charge in [-0.1, -0.05) is 32.3 Å². The van der Waals surface area contributed by atoms with E-state index in [1.54, 1.807) is 13.8 Å². The van der Waals surface area contributed by atoms with Crippen LogP contribution in [0.25, 0.3) is 0 Å². The molecular weight excluding hydrogens is 419 g/mol. The van der Waals surface area contributed by atoms with Gasteiger partial charge >= 0.3 is 19.1 Å². The normalized spacial score (nSPS) is 23.9. The van der Waals surface area contributed by atoms with Gasteiger partial charge in [-0.15, -0.1) is 0 Å². The molecule has 0 aromatic rings. The summed E-state index contributed by atoms with van der Waals surface area (Å²) in [6.07, 6.45) is 6.50. The number of esters is 2. The Balaban J connectivity index is 2.32. The fourth-order valence-electron chi connectivity index (χ4n) is 5.07. The van der Waals surface area contributed by atoms with Gasteiger partial charge in [0.15, 0.2) is 5.41 Å². The SMILES string of the molecule is CCC/C(CC1CCC(C(=O)OCC)(C(=O)OCC)C1)=C(/CCC)B1OC(C)(C)C(C)(C)O1. The number of rotatable bonds is 11. The van der Waals surface area contributed by atoms with E-state index in [2.05, 4.69) is 41.5 Å². The summed E-state index contributed by atoms with van der Waals surface area (Å²) >= 11 is 0. The molecule has 1 aliphatic heterocycles. The Morgan fingerprint density at radius 2 is 1.39 bits per heavy atom. The highest BCUT2D eigenvalue weighted by atomic mass is 16.7. The Morgan fingerprint density at radius 3 is 1.85 bits per heavy atom. The highest BCUT2D eigenvalue weighted by Gasteiger charge is 2.55. The number of allylic oxidation sites excluding steroid dienone is 2. The molecule has 0 spiro atoms. The van der Waals surface area contributed by atoms with Crippen molar-refractivity contribution in [2.75, 3.05) is 13.2 Å². The van der Waals surface area contributed by atoms with Crippen LogP contribution in [0.3, 0.4) is 0 Å². The number of ether oxygens (including phenoxy) is 2. The predicted molar refractivity (Wildman–Crippen MR) is 131 cm³/mol. The standard InChI is InChI=1S/C26H45BO6/c1-9-13-20(21(14-10-2)27-32-24(5,6)25(7,8)33-27)17-19-15-16-26(18-19,22(28)30-11-3)23(29)31-12-4/h19H,9-18H2,1-8H3/b21-20+. The maximum Gasteiger partial charge on any atom is 0.490 e. The average molecular weight is 464 g/mol. The van der Waals surface area contributed by atoms with E-state index in [9.17, 15) is 9.59 Å². The lowest BCUT2D eigenvalue weighted by molar-refractivity contribution is -0.171. The molecule has 0 bridgehead atoms. The quantitative estimate of drug-likeness (QED) is 0.218. The first kappa shape index (κ1) is 27.9. The molecule has 33 heavy (non-hydrogen) atoms. The van der Waals surface area contributed by atoms with Gasteiger partial charge in [-0.3, -0.25) is 9.59 Å². The van der Waals surface area contributed by atoms with Gasteiger partial charge in [0.05, 0.1) is 24.4 Å². The van der Waals surface area contributed by atoms with Crippen LogP contribution in [0.15, 0.2) is 11.0 Å². The minimum Gasteiger partial charge on any atom is -0.465 e. The second-order valence-electron chi connectivity index (χ2n) is 10.6. The molecule has 1 aliphatic carbocycles. The summed E-state index contributed by atoms with van der Waals surface area (Å²) in [5.41, 5.74) is 0.645. The van der Waals surface area contributed by atoms with E-state index in [0.717, 1.165) is 38.5 Å². The van der Waals surface area contributed by atoms with Crippen LogP contribution in [0.2, 0.25) is 0 Å². The zero-order valence-electron chi connectivity index (χ0n) is 22.2. The van der Waals surface area contributed by atoms with E-state index in [1.807, 2.05) is 0 Å². The summed E-state index contributed by atoms with van der Waals surface area (Å²) in [6.45, 7) is 16.8. The molecule has 2 rings (SSSR count). The van der Waals surface area contributed by atoms with Gasteiger partial charge in [0.1, 0.15) is 0 Å². The van der Waals surface area contributed by atoms with E-state index in [-0.39, 0.29) is 37.5 Å². The van der Waals surface area contributed by atoms with Gasteiger partial charge in [0.2, 0.25) is 0 Å². The molecule has 2 fully saturated rings. The smallest absolute Gasteiger partial charge is 0.465 e. The fraction of sp³-hybridized carbons (Fsp3) is 0.846. The zero-order valence-corrected chi connectivity index (χ0v) is 22.2. The molecule has 0 amide bonds. The third-order valence-corrected chi connectivity index (χ3v) is 7.55. The molecule has 1 heterocycles. The van der Waals surface area contributed by atoms with E-state index < -0.39 is 17.4 Å². The van der Waals surface area contributed by atoms with Gasteiger partial charge in [0, 0.05) is 0 Å². The van der Waals surface area contributed by atoms with Crippen molar-refractivity contribution in [2.45, 2.75) is 118 Å². The third-order valence-electron chi connectivity index (χ3n) is 7.55. The molecule has 1 saturated heterocycles. The van der Waals surface area contributed by atoms with Gasteiger partial charge in [-0.2, -0.15) is 0 Å². The Morgan fingerprint density at radius 1 is 0.879 bits per heavy atom. The van der Waals surface area contributed by atoms with Crippen molar-refractivity contribution in [2.24, 2.45) is 11.3 Å². The molecule has 2 aliphatic rings. The highest BCUT2D eigenvalue weighted by Crippen LogP contribution is 2.48. The Bertz CT molecular complexity index is 692. The van der Waals surface area contributed by atoms with Crippen molar-refractivity contribution in [3.8, 4) is 0 Å². The van der Waals surface area contributed by atoms with Crippen molar-refractivity contribution in [1.29, 1.82) is 0 Å². The van der Waals surface area contributed by atoms with E-state index in [1.165, 1.54) is 11.0 Å². The molecule has 0 radical (unpaired) electrons. The van der Waals surface area contributed by atoms with Gasteiger partial charge in [-0.05, 0) is 91.5 Å². The number of hydrogen-bond donors (Lipinski definition) is 0. The minimum atomic E-state index is -1.18. The van der Waals surface area contributed by atoms with Crippen LogP contribution in [0.4, 0.5) is 0 Å². The number of carbonyl (C=O) groups excluding carboxylic acids is 2. The van der Waals surface area contributed by atoms with Crippen LogP contribution in [-0.2, 0) is 28.4 Å². The predicted octanol–water partition coefficient (Wildman–Crippen LogP) is 5.82. The fourth-order valence-corrected chi connectivity index (χ4v) is 5.07. The number of carbonyl (C=O) groups is 2. The average Bonchev–Trinajstić information content (AvgIpc) is 3.25. The largest absolute Gasteiger partial charge is 0.490 e. The maximum absolute atomic E-state index is 12.9. The maximum atomic E-state index is 12.9. The van der Waals surface area contributed by atoms with Crippen LogP contribution < -0.4 is 0 Å². The van der Waals surface area contributed by atoms with Crippen molar-refractivity contribution >= 4 is 19.1 Å². The molecule has 1 atom stereocenters. The van der Waals surface area contributed by atoms with E-state index in [0.29, 0.717) is 12.8 Å². The first-order chi connectivity index (χ1) is 15.5. The molecule has 0 aromatic carbocycles. The lowest BCUT2D eigenvalue weighted by Gasteiger charge is -2.32. The summed E-state index contributed by atoms with van der Waals surface area (Å²) in [4.78, 5) is 25.7. The molecule has 0 N–H and O–H groups in total. The second-order valence-corrected chi connectivity index (χ2v) is 10.6. The molecular formula is C26H45BO6. The molecule has 6 nitrogen and oxygen atoms in total.